The van der Waals surface area contributed by atoms with Gasteiger partial charge in [-0.1, -0.05) is 5.16 Å². The lowest BCUT2D eigenvalue weighted by Gasteiger charge is -2.33. The van der Waals surface area contributed by atoms with Crippen LogP contribution in [0, 0.1) is 11.6 Å². The van der Waals surface area contributed by atoms with Crippen LogP contribution in [-0.4, -0.2) is 28.6 Å². The molecule has 1 aliphatic heterocycles. The second-order valence-corrected chi connectivity index (χ2v) is 5.92. The lowest BCUT2D eigenvalue weighted by molar-refractivity contribution is -0.133. The zero-order chi connectivity index (χ0) is 16.4. The predicted molar refractivity (Wildman–Crippen MR) is 80.6 cm³/mol. The molecule has 0 N–H and O–H groups in total. The Hall–Kier alpha value is -2.24. The maximum atomic E-state index is 13.7. The number of amides is 1. The number of hydrogen-bond donors (Lipinski definition) is 0. The summed E-state index contributed by atoms with van der Waals surface area (Å²) in [7, 11) is 0. The first kappa shape index (κ1) is 15.6. The van der Waals surface area contributed by atoms with Crippen molar-refractivity contribution in [2.45, 2.75) is 38.6 Å². The average Bonchev–Trinajstić information content (AvgIpc) is 2.95. The van der Waals surface area contributed by atoms with Crippen molar-refractivity contribution in [1.29, 1.82) is 0 Å². The molecule has 23 heavy (non-hydrogen) atoms. The van der Waals surface area contributed by atoms with Crippen LogP contribution in [0.15, 0.2) is 28.8 Å². The van der Waals surface area contributed by atoms with Gasteiger partial charge in [0.1, 0.15) is 11.6 Å². The number of halogens is 2. The van der Waals surface area contributed by atoms with Crippen LogP contribution in [0.1, 0.15) is 31.9 Å². The quantitative estimate of drug-likeness (QED) is 0.868. The van der Waals surface area contributed by atoms with Gasteiger partial charge in [-0.15, -0.1) is 0 Å². The first-order valence-electron chi connectivity index (χ1n) is 7.75. The van der Waals surface area contributed by atoms with Gasteiger partial charge in [0.2, 0.25) is 5.91 Å². The fraction of sp³-hybridized carbons (Fsp3) is 0.412. The summed E-state index contributed by atoms with van der Waals surface area (Å²) in [4.78, 5) is 14.2. The molecule has 1 aliphatic rings. The van der Waals surface area contributed by atoms with E-state index in [1.807, 2.05) is 11.8 Å². The van der Waals surface area contributed by atoms with Gasteiger partial charge in [0.15, 0.2) is 5.76 Å². The Morgan fingerprint density at radius 2 is 2.17 bits per heavy atom. The minimum absolute atomic E-state index is 0.00312. The zero-order valence-electron chi connectivity index (χ0n) is 12.9. The molecule has 0 bridgehead atoms. The maximum absolute atomic E-state index is 13.7. The van der Waals surface area contributed by atoms with Gasteiger partial charge in [-0.3, -0.25) is 4.79 Å². The van der Waals surface area contributed by atoms with Crippen molar-refractivity contribution in [2.75, 3.05) is 6.54 Å². The summed E-state index contributed by atoms with van der Waals surface area (Å²) >= 11 is 0. The number of likely N-dealkylation sites (tertiary alicyclic amines) is 1. The number of hydrogen-bond acceptors (Lipinski definition) is 3. The number of aromatic nitrogens is 1. The summed E-state index contributed by atoms with van der Waals surface area (Å²) < 4.78 is 31.8. The normalized spacial score (nSPS) is 18.2. The molecule has 1 amide bonds. The van der Waals surface area contributed by atoms with Gasteiger partial charge < -0.3 is 9.42 Å². The fourth-order valence-electron chi connectivity index (χ4n) is 2.94. The highest BCUT2D eigenvalue weighted by atomic mass is 19.1. The van der Waals surface area contributed by atoms with Gasteiger partial charge in [-0.25, -0.2) is 8.78 Å². The third-order valence-electron chi connectivity index (χ3n) is 4.21. The molecular formula is C17H18F2N2O2. The minimum atomic E-state index is -0.719. The van der Waals surface area contributed by atoms with Crippen LogP contribution in [0.4, 0.5) is 8.78 Å². The second kappa shape index (κ2) is 6.48. The molecule has 2 aromatic rings. The van der Waals surface area contributed by atoms with Crippen molar-refractivity contribution in [2.24, 2.45) is 0 Å². The van der Waals surface area contributed by atoms with Crippen molar-refractivity contribution < 1.29 is 18.1 Å². The van der Waals surface area contributed by atoms with Gasteiger partial charge in [0.25, 0.3) is 0 Å². The number of rotatable bonds is 3. The molecule has 1 fully saturated rings. The summed E-state index contributed by atoms with van der Waals surface area (Å²) in [6.45, 7) is 2.80. The van der Waals surface area contributed by atoms with Gasteiger partial charge in [-0.05, 0) is 38.3 Å². The van der Waals surface area contributed by atoms with Crippen LogP contribution in [0.25, 0.3) is 11.3 Å². The van der Waals surface area contributed by atoms with E-state index in [1.54, 1.807) is 0 Å². The van der Waals surface area contributed by atoms with E-state index in [9.17, 15) is 13.6 Å². The van der Waals surface area contributed by atoms with E-state index < -0.39 is 11.6 Å². The van der Waals surface area contributed by atoms with Crippen molar-refractivity contribution in [3.8, 4) is 11.3 Å². The second-order valence-electron chi connectivity index (χ2n) is 5.92. The third-order valence-corrected chi connectivity index (χ3v) is 4.21. The molecule has 4 nitrogen and oxygen atoms in total. The smallest absolute Gasteiger partial charge is 0.228 e. The minimum Gasteiger partial charge on any atom is -0.356 e. The van der Waals surface area contributed by atoms with Gasteiger partial charge in [0, 0.05) is 24.7 Å². The van der Waals surface area contributed by atoms with E-state index in [-0.39, 0.29) is 29.7 Å². The highest BCUT2D eigenvalue weighted by Gasteiger charge is 2.24. The van der Waals surface area contributed by atoms with Crippen molar-refractivity contribution in [3.05, 3.63) is 41.6 Å². The van der Waals surface area contributed by atoms with Crippen molar-refractivity contribution >= 4 is 5.91 Å². The van der Waals surface area contributed by atoms with Crippen LogP contribution in [0.5, 0.6) is 0 Å². The SMILES string of the molecule is CC1CCCCN1C(=O)Cc1cc(-c2ccc(F)cc2F)on1. The number of carbonyl (C=O) groups is 1. The molecule has 0 saturated carbocycles. The van der Waals surface area contributed by atoms with Gasteiger partial charge >= 0.3 is 0 Å². The first-order valence-corrected chi connectivity index (χ1v) is 7.75. The Labute approximate surface area is 133 Å². The van der Waals surface area contributed by atoms with Crippen molar-refractivity contribution in [1.82, 2.24) is 10.1 Å². The van der Waals surface area contributed by atoms with Crippen LogP contribution < -0.4 is 0 Å². The molecule has 0 aliphatic carbocycles. The molecule has 0 radical (unpaired) electrons. The summed E-state index contributed by atoms with van der Waals surface area (Å²) in [5.41, 5.74) is 0.579. The van der Waals surface area contributed by atoms with Crippen LogP contribution >= 0.6 is 0 Å². The summed E-state index contributed by atoms with van der Waals surface area (Å²) in [6, 6.07) is 5.00. The number of nitrogens with zero attached hydrogens (tertiary/aromatic N) is 2. The third kappa shape index (κ3) is 3.41. The lowest BCUT2D eigenvalue weighted by atomic mass is 10.0. The zero-order valence-corrected chi connectivity index (χ0v) is 12.9. The predicted octanol–water partition coefficient (Wildman–Crippen LogP) is 3.56. The topological polar surface area (TPSA) is 46.3 Å². The molecule has 3 rings (SSSR count). The lowest BCUT2D eigenvalue weighted by Crippen LogP contribution is -2.42. The van der Waals surface area contributed by atoms with E-state index in [0.29, 0.717) is 5.69 Å². The Morgan fingerprint density at radius 1 is 1.35 bits per heavy atom. The number of piperidine rings is 1. The van der Waals surface area contributed by atoms with E-state index in [2.05, 4.69) is 5.16 Å². The highest BCUT2D eigenvalue weighted by Crippen LogP contribution is 2.25. The summed E-state index contributed by atoms with van der Waals surface area (Å²) in [5, 5.41) is 3.83. The van der Waals surface area contributed by atoms with Crippen LogP contribution in [0.2, 0.25) is 0 Å². The van der Waals surface area contributed by atoms with Crippen molar-refractivity contribution in [3.63, 3.8) is 0 Å². The molecule has 122 valence electrons. The average molecular weight is 320 g/mol. The summed E-state index contributed by atoms with van der Waals surface area (Å²) in [6.07, 6.45) is 3.29. The molecule has 6 heteroatoms. The Bertz CT molecular complexity index is 714. The Balaban J connectivity index is 1.73. The Morgan fingerprint density at radius 3 is 2.91 bits per heavy atom. The fourth-order valence-corrected chi connectivity index (χ4v) is 2.94. The molecule has 1 saturated heterocycles. The van der Waals surface area contributed by atoms with E-state index >= 15 is 0 Å². The van der Waals surface area contributed by atoms with Crippen LogP contribution in [-0.2, 0) is 11.2 Å². The van der Waals surface area contributed by atoms with E-state index in [4.69, 9.17) is 4.52 Å². The van der Waals surface area contributed by atoms with Gasteiger partial charge in [-0.2, -0.15) is 0 Å². The molecule has 0 spiro atoms. The molecule has 1 unspecified atom stereocenters. The standard InChI is InChI=1S/C17H18F2N2O2/c1-11-4-2-3-7-21(11)17(22)10-13-9-16(23-20-13)14-6-5-12(18)8-15(14)19/h5-6,8-9,11H,2-4,7,10H2,1H3. The Kier molecular flexibility index (Phi) is 4.41. The molecule has 1 atom stereocenters. The number of benzene rings is 1. The van der Waals surface area contributed by atoms with E-state index in [1.165, 1.54) is 12.1 Å². The molecule has 1 aromatic heterocycles. The maximum Gasteiger partial charge on any atom is 0.228 e. The van der Waals surface area contributed by atoms with E-state index in [0.717, 1.165) is 37.9 Å². The first-order chi connectivity index (χ1) is 11.0. The molecule has 1 aromatic carbocycles. The molecular weight excluding hydrogens is 302 g/mol. The monoisotopic (exact) mass is 320 g/mol. The van der Waals surface area contributed by atoms with Crippen LogP contribution in [0.3, 0.4) is 0 Å². The molecule has 2 heterocycles. The summed E-state index contributed by atoms with van der Waals surface area (Å²) in [5.74, 6) is -1.18. The largest absolute Gasteiger partial charge is 0.356 e. The highest BCUT2D eigenvalue weighted by molar-refractivity contribution is 5.79. The van der Waals surface area contributed by atoms with Gasteiger partial charge in [0.05, 0.1) is 17.7 Å². The number of carbonyl (C=O) groups excluding carboxylic acids is 1.